The number of likely N-dealkylation sites (N-methyl/N-ethyl adjacent to an activating group) is 2. The van der Waals surface area contributed by atoms with Gasteiger partial charge in [0.15, 0.2) is 0 Å². The van der Waals surface area contributed by atoms with Gasteiger partial charge in [0, 0.05) is 25.2 Å². The number of benzene rings is 1. The van der Waals surface area contributed by atoms with E-state index < -0.39 is 0 Å². The van der Waals surface area contributed by atoms with E-state index in [-0.39, 0.29) is 6.04 Å². The zero-order chi connectivity index (χ0) is 15.2. The molecule has 0 spiro atoms. The lowest BCUT2D eigenvalue weighted by Gasteiger charge is -2.31. The van der Waals surface area contributed by atoms with Gasteiger partial charge in [0.25, 0.3) is 0 Å². The normalized spacial score (nSPS) is 22.6. The van der Waals surface area contributed by atoms with E-state index in [1.54, 1.807) is 0 Å². The molecule has 1 aromatic carbocycles. The summed E-state index contributed by atoms with van der Waals surface area (Å²) >= 11 is 0. The lowest BCUT2D eigenvalue weighted by Crippen LogP contribution is -2.41. The first kappa shape index (κ1) is 16.5. The second-order valence-electron chi connectivity index (χ2n) is 6.56. The molecule has 1 aliphatic rings. The average molecular weight is 289 g/mol. The Morgan fingerprint density at radius 2 is 2.05 bits per heavy atom. The molecule has 118 valence electrons. The fraction of sp³-hybridized carbons (Fsp3) is 0.667. The first-order valence-electron chi connectivity index (χ1n) is 8.35. The molecule has 0 bridgehead atoms. The third kappa shape index (κ3) is 4.53. The van der Waals surface area contributed by atoms with Gasteiger partial charge in [0.1, 0.15) is 0 Å². The highest BCUT2D eigenvalue weighted by Gasteiger charge is 2.25. The van der Waals surface area contributed by atoms with Crippen molar-refractivity contribution in [1.82, 2.24) is 9.80 Å². The molecule has 2 rings (SSSR count). The summed E-state index contributed by atoms with van der Waals surface area (Å²) in [6.07, 6.45) is 2.70. The molecule has 0 saturated carbocycles. The van der Waals surface area contributed by atoms with Gasteiger partial charge in [-0.1, -0.05) is 44.2 Å². The number of likely N-dealkylation sites (tertiary alicyclic amines) is 1. The molecule has 1 aliphatic heterocycles. The van der Waals surface area contributed by atoms with Crippen LogP contribution in [0.4, 0.5) is 0 Å². The molecule has 0 aromatic heterocycles. The van der Waals surface area contributed by atoms with Gasteiger partial charge in [-0.2, -0.15) is 0 Å². The van der Waals surface area contributed by atoms with Gasteiger partial charge in [-0.25, -0.2) is 0 Å². The van der Waals surface area contributed by atoms with Crippen LogP contribution in [0.2, 0.25) is 0 Å². The van der Waals surface area contributed by atoms with Crippen LogP contribution in [0.5, 0.6) is 0 Å². The maximum Gasteiger partial charge on any atom is 0.0333 e. The lowest BCUT2D eigenvalue weighted by molar-refractivity contribution is 0.180. The van der Waals surface area contributed by atoms with Crippen LogP contribution in [-0.4, -0.2) is 49.1 Å². The van der Waals surface area contributed by atoms with Gasteiger partial charge in [0.05, 0.1) is 0 Å². The summed E-state index contributed by atoms with van der Waals surface area (Å²) in [4.78, 5) is 5.07. The molecule has 21 heavy (non-hydrogen) atoms. The summed E-state index contributed by atoms with van der Waals surface area (Å²) < 4.78 is 0. The van der Waals surface area contributed by atoms with Crippen molar-refractivity contribution in [3.8, 4) is 0 Å². The largest absolute Gasteiger partial charge is 0.324 e. The zero-order valence-corrected chi connectivity index (χ0v) is 13.8. The third-order valence-electron chi connectivity index (χ3n) is 4.82. The van der Waals surface area contributed by atoms with Crippen LogP contribution in [0.15, 0.2) is 30.3 Å². The van der Waals surface area contributed by atoms with Crippen LogP contribution in [0.25, 0.3) is 0 Å². The fourth-order valence-electron chi connectivity index (χ4n) is 3.56. The average Bonchev–Trinajstić information content (AvgIpc) is 2.94. The van der Waals surface area contributed by atoms with Gasteiger partial charge in [-0.05, 0) is 44.5 Å². The summed E-state index contributed by atoms with van der Waals surface area (Å²) in [5, 5.41) is 0. The molecule has 1 heterocycles. The number of hydrogen-bond donors (Lipinski definition) is 1. The van der Waals surface area contributed by atoms with E-state index in [0.29, 0.717) is 5.92 Å². The Morgan fingerprint density at radius 3 is 2.71 bits per heavy atom. The highest BCUT2D eigenvalue weighted by Crippen LogP contribution is 2.21. The third-order valence-corrected chi connectivity index (χ3v) is 4.82. The van der Waals surface area contributed by atoms with E-state index in [0.717, 1.165) is 12.6 Å². The fourth-order valence-corrected chi connectivity index (χ4v) is 3.56. The lowest BCUT2D eigenvalue weighted by atomic mass is 9.95. The van der Waals surface area contributed by atoms with Crippen molar-refractivity contribution >= 4 is 0 Å². The SMILES string of the molecule is CCN1CCCC1CN(C)CC(C)C(N)c1ccccc1. The number of hydrogen-bond acceptors (Lipinski definition) is 3. The second kappa shape index (κ2) is 7.92. The number of rotatable bonds is 7. The molecule has 0 aliphatic carbocycles. The Labute approximate surface area is 130 Å². The molecule has 0 radical (unpaired) electrons. The predicted octanol–water partition coefficient (Wildman–Crippen LogP) is 2.74. The van der Waals surface area contributed by atoms with Crippen LogP contribution in [0.1, 0.15) is 38.3 Å². The predicted molar refractivity (Wildman–Crippen MR) is 90.3 cm³/mol. The molecule has 2 N–H and O–H groups in total. The van der Waals surface area contributed by atoms with Crippen molar-refractivity contribution in [1.29, 1.82) is 0 Å². The van der Waals surface area contributed by atoms with Crippen molar-refractivity contribution < 1.29 is 0 Å². The molecule has 3 unspecified atom stereocenters. The van der Waals surface area contributed by atoms with Crippen molar-refractivity contribution in [2.24, 2.45) is 11.7 Å². The van der Waals surface area contributed by atoms with Crippen LogP contribution >= 0.6 is 0 Å². The van der Waals surface area contributed by atoms with Crippen molar-refractivity contribution in [3.05, 3.63) is 35.9 Å². The van der Waals surface area contributed by atoms with Gasteiger partial charge in [-0.3, -0.25) is 4.90 Å². The molecule has 3 atom stereocenters. The van der Waals surface area contributed by atoms with Gasteiger partial charge in [-0.15, -0.1) is 0 Å². The summed E-state index contributed by atoms with van der Waals surface area (Å²) in [5.41, 5.74) is 7.66. The van der Waals surface area contributed by atoms with Gasteiger partial charge < -0.3 is 10.6 Å². The Hall–Kier alpha value is -0.900. The molecule has 3 heteroatoms. The Balaban J connectivity index is 1.83. The Kier molecular flexibility index (Phi) is 6.22. The maximum atomic E-state index is 6.41. The minimum absolute atomic E-state index is 0.125. The topological polar surface area (TPSA) is 32.5 Å². The smallest absolute Gasteiger partial charge is 0.0333 e. The van der Waals surface area contributed by atoms with E-state index in [1.807, 2.05) is 6.07 Å². The van der Waals surface area contributed by atoms with E-state index in [4.69, 9.17) is 5.73 Å². The minimum Gasteiger partial charge on any atom is -0.324 e. The maximum absolute atomic E-state index is 6.41. The molecule has 1 saturated heterocycles. The molecule has 1 aromatic rings. The highest BCUT2D eigenvalue weighted by atomic mass is 15.2. The second-order valence-corrected chi connectivity index (χ2v) is 6.56. The summed E-state index contributed by atoms with van der Waals surface area (Å²) in [6.45, 7) is 9.21. The van der Waals surface area contributed by atoms with Crippen LogP contribution < -0.4 is 5.73 Å². The monoisotopic (exact) mass is 289 g/mol. The van der Waals surface area contributed by atoms with Gasteiger partial charge >= 0.3 is 0 Å². The summed E-state index contributed by atoms with van der Waals surface area (Å²) in [5.74, 6) is 0.467. The minimum atomic E-state index is 0.125. The van der Waals surface area contributed by atoms with Crippen molar-refractivity contribution in [2.45, 2.75) is 38.8 Å². The standard InChI is InChI=1S/C18H31N3/c1-4-21-12-8-11-17(21)14-20(3)13-15(2)18(19)16-9-6-5-7-10-16/h5-7,9-10,15,17-18H,4,8,11-14,19H2,1-3H3. The Morgan fingerprint density at radius 1 is 1.33 bits per heavy atom. The number of nitrogens with two attached hydrogens (primary N) is 1. The molecule has 0 amide bonds. The van der Waals surface area contributed by atoms with Crippen molar-refractivity contribution in [3.63, 3.8) is 0 Å². The van der Waals surface area contributed by atoms with Crippen LogP contribution in [0, 0.1) is 5.92 Å². The van der Waals surface area contributed by atoms with E-state index in [9.17, 15) is 0 Å². The molecule has 3 nitrogen and oxygen atoms in total. The van der Waals surface area contributed by atoms with Crippen LogP contribution in [-0.2, 0) is 0 Å². The quantitative estimate of drug-likeness (QED) is 0.838. The van der Waals surface area contributed by atoms with E-state index >= 15 is 0 Å². The van der Waals surface area contributed by atoms with E-state index in [1.165, 1.54) is 38.0 Å². The van der Waals surface area contributed by atoms with Crippen LogP contribution in [0.3, 0.4) is 0 Å². The molecule has 1 fully saturated rings. The van der Waals surface area contributed by atoms with Gasteiger partial charge in [0.2, 0.25) is 0 Å². The zero-order valence-electron chi connectivity index (χ0n) is 13.8. The highest BCUT2D eigenvalue weighted by molar-refractivity contribution is 5.19. The molecular formula is C18H31N3. The van der Waals surface area contributed by atoms with Crippen molar-refractivity contribution in [2.75, 3.05) is 33.2 Å². The first-order valence-corrected chi connectivity index (χ1v) is 8.35. The summed E-state index contributed by atoms with van der Waals surface area (Å²) in [6, 6.07) is 11.3. The summed E-state index contributed by atoms with van der Waals surface area (Å²) in [7, 11) is 2.24. The van der Waals surface area contributed by atoms with E-state index in [2.05, 4.69) is 55.0 Å². The first-order chi connectivity index (χ1) is 10.1. The Bertz CT molecular complexity index is 406. The number of nitrogens with zero attached hydrogens (tertiary/aromatic N) is 2. The molecular weight excluding hydrogens is 258 g/mol.